The molecule has 1 aromatic heterocycles. The molecule has 1 aliphatic rings. The first kappa shape index (κ1) is 24.0. The van der Waals surface area contributed by atoms with Gasteiger partial charge in [-0.25, -0.2) is 8.42 Å². The molecular formula is C20H18F6N2O3S. The second kappa shape index (κ2) is 8.72. The van der Waals surface area contributed by atoms with Crippen molar-refractivity contribution in [3.05, 3.63) is 53.9 Å². The van der Waals surface area contributed by atoms with Gasteiger partial charge < -0.3 is 5.32 Å². The van der Waals surface area contributed by atoms with E-state index in [1.807, 2.05) is 0 Å². The molecule has 3 rings (SSSR count). The minimum atomic E-state index is -5.49. The summed E-state index contributed by atoms with van der Waals surface area (Å²) < 4.78 is 100. The maximum Gasteiger partial charge on any atom is 0.501 e. The van der Waals surface area contributed by atoms with E-state index in [0.29, 0.717) is 25.7 Å². The van der Waals surface area contributed by atoms with Gasteiger partial charge in [0.1, 0.15) is 0 Å². The van der Waals surface area contributed by atoms with E-state index in [1.54, 1.807) is 0 Å². The van der Waals surface area contributed by atoms with Crippen molar-refractivity contribution in [3.8, 4) is 0 Å². The second-order valence-corrected chi connectivity index (χ2v) is 9.39. The average Bonchev–Trinajstić information content (AvgIpc) is 2.73. The molecule has 174 valence electrons. The molecule has 0 bridgehead atoms. The van der Waals surface area contributed by atoms with Crippen LogP contribution in [0.4, 0.5) is 32.0 Å². The highest BCUT2D eigenvalue weighted by molar-refractivity contribution is 7.92. The Bertz CT molecular complexity index is 1070. The summed E-state index contributed by atoms with van der Waals surface area (Å²) in [6, 6.07) is 5.78. The number of rotatable bonds is 4. The van der Waals surface area contributed by atoms with Crippen molar-refractivity contribution < 1.29 is 39.6 Å². The van der Waals surface area contributed by atoms with Crippen molar-refractivity contribution in [2.75, 3.05) is 5.32 Å². The first-order chi connectivity index (χ1) is 14.8. The van der Waals surface area contributed by atoms with E-state index in [9.17, 15) is 39.6 Å². The van der Waals surface area contributed by atoms with Crippen molar-refractivity contribution in [2.24, 2.45) is 5.92 Å². The first-order valence-corrected chi connectivity index (χ1v) is 11.0. The molecule has 0 aliphatic heterocycles. The summed E-state index contributed by atoms with van der Waals surface area (Å²) in [5.41, 5.74) is -6.15. The van der Waals surface area contributed by atoms with Gasteiger partial charge in [-0.15, -0.1) is 0 Å². The zero-order chi connectivity index (χ0) is 23.7. The third kappa shape index (κ3) is 5.05. The van der Waals surface area contributed by atoms with E-state index in [-0.39, 0.29) is 11.4 Å². The van der Waals surface area contributed by atoms with Crippen molar-refractivity contribution in [1.82, 2.24) is 4.98 Å². The van der Waals surface area contributed by atoms with Gasteiger partial charge in [0.15, 0.2) is 0 Å². The van der Waals surface area contributed by atoms with Gasteiger partial charge in [0.05, 0.1) is 16.2 Å². The van der Waals surface area contributed by atoms with Crippen LogP contribution in [0.2, 0.25) is 0 Å². The van der Waals surface area contributed by atoms with Crippen LogP contribution < -0.4 is 5.32 Å². The number of hydrogen-bond acceptors (Lipinski definition) is 4. The number of nitrogens with one attached hydrogen (secondary N) is 1. The Hall–Kier alpha value is -2.63. The van der Waals surface area contributed by atoms with Crippen LogP contribution in [0.25, 0.3) is 0 Å². The third-order valence-electron chi connectivity index (χ3n) is 5.37. The van der Waals surface area contributed by atoms with Gasteiger partial charge in [-0.1, -0.05) is 0 Å². The topological polar surface area (TPSA) is 76.1 Å². The number of amides is 1. The summed E-state index contributed by atoms with van der Waals surface area (Å²) in [6.45, 7) is 0. The number of carbonyl (C=O) groups excluding carboxylic acids is 1. The number of benzene rings is 1. The number of carbonyl (C=O) groups is 1. The van der Waals surface area contributed by atoms with Gasteiger partial charge in [-0.3, -0.25) is 9.78 Å². The molecule has 12 heteroatoms. The maximum atomic E-state index is 13.2. The number of nitrogens with zero attached hydrogens (tertiary/aromatic N) is 1. The normalized spacial score (nSPS) is 20.1. The molecule has 0 unspecified atom stereocenters. The highest BCUT2D eigenvalue weighted by atomic mass is 32.2. The van der Waals surface area contributed by atoms with Gasteiger partial charge in [0.2, 0.25) is 5.91 Å². The fourth-order valence-corrected chi connectivity index (χ4v) is 4.47. The van der Waals surface area contributed by atoms with Crippen LogP contribution in [-0.2, 0) is 20.8 Å². The van der Waals surface area contributed by atoms with Crippen molar-refractivity contribution in [3.63, 3.8) is 0 Å². The molecule has 0 saturated heterocycles. The maximum absolute atomic E-state index is 13.2. The fourth-order valence-electron chi connectivity index (χ4n) is 3.71. The highest BCUT2D eigenvalue weighted by Gasteiger charge is 2.46. The minimum Gasteiger partial charge on any atom is -0.326 e. The largest absolute Gasteiger partial charge is 0.501 e. The van der Waals surface area contributed by atoms with E-state index in [1.165, 1.54) is 12.3 Å². The number of halogens is 6. The van der Waals surface area contributed by atoms with Crippen LogP contribution in [0.3, 0.4) is 0 Å². The molecule has 5 nitrogen and oxygen atoms in total. The van der Waals surface area contributed by atoms with Gasteiger partial charge in [0, 0.05) is 23.7 Å². The Morgan fingerprint density at radius 1 is 0.938 bits per heavy atom. The third-order valence-corrected chi connectivity index (χ3v) is 6.87. The Balaban J connectivity index is 1.62. The Morgan fingerprint density at radius 3 is 2.06 bits per heavy atom. The molecule has 1 aliphatic carbocycles. The summed E-state index contributed by atoms with van der Waals surface area (Å²) in [5.74, 6) is -1.38. The monoisotopic (exact) mass is 480 g/mol. The molecular weight excluding hydrogens is 462 g/mol. The lowest BCUT2D eigenvalue weighted by molar-refractivity contribution is -0.139. The molecule has 2 aromatic rings. The Kier molecular flexibility index (Phi) is 6.55. The first-order valence-electron chi connectivity index (χ1n) is 9.55. The number of sulfone groups is 1. The van der Waals surface area contributed by atoms with E-state index < -0.39 is 49.7 Å². The molecule has 1 saturated carbocycles. The van der Waals surface area contributed by atoms with Crippen molar-refractivity contribution in [1.29, 1.82) is 0 Å². The Labute approximate surface area is 179 Å². The standard InChI is InChI=1S/C20H18F6N2O3S/c21-19(22,23)16-2-1-11-27-17(16)12-3-5-13(6-4-12)18(29)28-14-7-9-15(10-8-14)32(30,31)20(24,25)26/h1-2,7-13H,3-6H2,(H,28,29). The van der Waals surface area contributed by atoms with Gasteiger partial charge in [-0.05, 0) is 62.1 Å². The lowest BCUT2D eigenvalue weighted by Gasteiger charge is -2.28. The lowest BCUT2D eigenvalue weighted by atomic mass is 9.79. The fraction of sp³-hybridized carbons (Fsp3) is 0.400. The molecule has 1 amide bonds. The van der Waals surface area contributed by atoms with E-state index in [0.717, 1.165) is 30.3 Å². The van der Waals surface area contributed by atoms with Gasteiger partial charge in [-0.2, -0.15) is 26.3 Å². The quantitative estimate of drug-likeness (QED) is 0.602. The molecule has 0 spiro atoms. The van der Waals surface area contributed by atoms with Crippen LogP contribution in [0.5, 0.6) is 0 Å². The van der Waals surface area contributed by atoms with E-state index >= 15 is 0 Å². The average molecular weight is 480 g/mol. The number of anilines is 1. The van der Waals surface area contributed by atoms with Crippen LogP contribution in [0.15, 0.2) is 47.5 Å². The molecule has 1 heterocycles. The SMILES string of the molecule is O=C(Nc1ccc(S(=O)(=O)C(F)(F)F)cc1)C1CCC(c2ncccc2C(F)(F)F)CC1. The summed E-state index contributed by atoms with van der Waals surface area (Å²) in [5, 5.41) is 2.51. The van der Waals surface area contributed by atoms with E-state index in [4.69, 9.17) is 0 Å². The molecule has 32 heavy (non-hydrogen) atoms. The van der Waals surface area contributed by atoms with Crippen LogP contribution in [0, 0.1) is 5.92 Å². The number of pyridine rings is 1. The van der Waals surface area contributed by atoms with E-state index in [2.05, 4.69) is 10.3 Å². The van der Waals surface area contributed by atoms with Gasteiger partial charge in [0.25, 0.3) is 9.84 Å². The summed E-state index contributed by atoms with van der Waals surface area (Å²) >= 11 is 0. The molecule has 0 atom stereocenters. The smallest absolute Gasteiger partial charge is 0.326 e. The number of aromatic nitrogens is 1. The number of alkyl halides is 6. The van der Waals surface area contributed by atoms with Crippen LogP contribution in [-0.4, -0.2) is 24.8 Å². The molecule has 0 radical (unpaired) electrons. The predicted molar refractivity (Wildman–Crippen MR) is 102 cm³/mol. The highest BCUT2D eigenvalue weighted by Crippen LogP contribution is 2.41. The molecule has 1 N–H and O–H groups in total. The zero-order valence-corrected chi connectivity index (χ0v) is 17.2. The number of hydrogen-bond donors (Lipinski definition) is 1. The Morgan fingerprint density at radius 2 is 1.53 bits per heavy atom. The summed E-state index contributed by atoms with van der Waals surface area (Å²) in [6.07, 6.45) is -1.96. The summed E-state index contributed by atoms with van der Waals surface area (Å²) in [4.78, 5) is 15.4. The summed E-state index contributed by atoms with van der Waals surface area (Å²) in [7, 11) is -5.49. The van der Waals surface area contributed by atoms with Crippen molar-refractivity contribution in [2.45, 2.75) is 48.2 Å². The van der Waals surface area contributed by atoms with Crippen LogP contribution in [0.1, 0.15) is 42.9 Å². The lowest BCUT2D eigenvalue weighted by Crippen LogP contribution is -2.27. The zero-order valence-electron chi connectivity index (χ0n) is 16.4. The predicted octanol–water partition coefficient (Wildman–Crippen LogP) is 5.31. The van der Waals surface area contributed by atoms with Crippen molar-refractivity contribution >= 4 is 21.4 Å². The second-order valence-electron chi connectivity index (χ2n) is 7.45. The minimum absolute atomic E-state index is 0.0414. The molecule has 1 fully saturated rings. The molecule has 1 aromatic carbocycles. The van der Waals surface area contributed by atoms with Crippen LogP contribution >= 0.6 is 0 Å². The van der Waals surface area contributed by atoms with Gasteiger partial charge >= 0.3 is 11.7 Å².